The molecule has 0 aliphatic heterocycles. The van der Waals surface area contributed by atoms with E-state index in [-0.39, 0.29) is 0 Å². The summed E-state index contributed by atoms with van der Waals surface area (Å²) in [5.41, 5.74) is 0.685. The van der Waals surface area contributed by atoms with Crippen LogP contribution in [0.5, 0.6) is 0 Å². The van der Waals surface area contributed by atoms with E-state index in [1.54, 1.807) is 23.1 Å². The first-order valence-electron chi connectivity index (χ1n) is 4.57. The molecule has 2 N–H and O–H groups in total. The number of hydrogen-bond acceptors (Lipinski definition) is 4. The lowest BCUT2D eigenvalue weighted by molar-refractivity contribution is 0.0846. The van der Waals surface area contributed by atoms with Crippen LogP contribution < -0.4 is 5.32 Å². The van der Waals surface area contributed by atoms with Crippen LogP contribution in [0.3, 0.4) is 0 Å². The first kappa shape index (κ1) is 12.0. The molecule has 0 saturated carbocycles. The Bertz CT molecular complexity index is 247. The Balaban J connectivity index is 2.20. The molecule has 0 aromatic carbocycles. The van der Waals surface area contributed by atoms with Crippen LogP contribution in [0.25, 0.3) is 0 Å². The van der Waals surface area contributed by atoms with Gasteiger partial charge in [0.05, 0.1) is 5.60 Å². The van der Waals surface area contributed by atoms with Crippen molar-refractivity contribution in [2.24, 2.45) is 0 Å². The first-order chi connectivity index (χ1) is 6.64. The molecule has 0 radical (unpaired) electrons. The normalized spacial score (nSPS) is 15.4. The number of nitrogens with one attached hydrogen (secondary N) is 1. The Morgan fingerprint density at radius 1 is 1.64 bits per heavy atom. The van der Waals surface area contributed by atoms with E-state index < -0.39 is 5.60 Å². The Labute approximate surface area is 93.7 Å². The average molecular weight is 231 g/mol. The van der Waals surface area contributed by atoms with E-state index in [2.05, 4.69) is 22.1 Å². The third-order valence-corrected chi connectivity index (χ3v) is 3.51. The van der Waals surface area contributed by atoms with Gasteiger partial charge in [-0.15, -0.1) is 0 Å². The Kier molecular flexibility index (Phi) is 4.95. The van der Waals surface area contributed by atoms with Crippen LogP contribution >= 0.6 is 23.1 Å². The van der Waals surface area contributed by atoms with E-state index in [1.165, 1.54) is 5.56 Å². The van der Waals surface area contributed by atoms with Gasteiger partial charge in [0.1, 0.15) is 0 Å². The molecule has 80 valence electrons. The highest BCUT2D eigenvalue weighted by molar-refractivity contribution is 7.98. The summed E-state index contributed by atoms with van der Waals surface area (Å²) < 4.78 is 0. The van der Waals surface area contributed by atoms with Crippen molar-refractivity contribution in [2.75, 3.05) is 18.6 Å². The van der Waals surface area contributed by atoms with E-state index in [0.717, 1.165) is 12.3 Å². The molecule has 1 aromatic rings. The second-order valence-corrected chi connectivity index (χ2v) is 5.31. The molecule has 2 nitrogen and oxygen atoms in total. The van der Waals surface area contributed by atoms with Gasteiger partial charge < -0.3 is 10.4 Å². The van der Waals surface area contributed by atoms with Crippen molar-refractivity contribution in [3.05, 3.63) is 22.4 Å². The Morgan fingerprint density at radius 3 is 3.00 bits per heavy atom. The predicted octanol–water partition coefficient (Wildman–Crippen LogP) is 1.95. The number of thiophene rings is 1. The molecule has 0 aliphatic carbocycles. The summed E-state index contributed by atoms with van der Waals surface area (Å²) >= 11 is 3.37. The van der Waals surface area contributed by atoms with E-state index in [0.29, 0.717) is 6.54 Å². The molecule has 1 aromatic heterocycles. The van der Waals surface area contributed by atoms with E-state index in [4.69, 9.17) is 0 Å². The Hall–Kier alpha value is -0.0300. The minimum absolute atomic E-state index is 0.602. The second-order valence-electron chi connectivity index (χ2n) is 3.67. The summed E-state index contributed by atoms with van der Waals surface area (Å²) in [6.45, 7) is 3.35. The van der Waals surface area contributed by atoms with Crippen LogP contribution in [0.2, 0.25) is 0 Å². The minimum Gasteiger partial charge on any atom is -0.388 e. The lowest BCUT2D eigenvalue weighted by Gasteiger charge is -2.22. The van der Waals surface area contributed by atoms with Gasteiger partial charge in [0, 0.05) is 18.8 Å². The zero-order valence-electron chi connectivity index (χ0n) is 8.62. The highest BCUT2D eigenvalue weighted by Gasteiger charge is 2.18. The number of aliphatic hydroxyl groups is 1. The maximum Gasteiger partial charge on any atom is 0.0833 e. The fourth-order valence-corrected chi connectivity index (χ4v) is 2.62. The third-order valence-electron chi connectivity index (χ3n) is 1.87. The monoisotopic (exact) mass is 231 g/mol. The zero-order valence-corrected chi connectivity index (χ0v) is 10.3. The molecular formula is C10H17NOS2. The summed E-state index contributed by atoms with van der Waals surface area (Å²) in [7, 11) is 0. The molecule has 0 amide bonds. The molecular weight excluding hydrogens is 214 g/mol. The molecule has 0 aliphatic rings. The highest BCUT2D eigenvalue weighted by Crippen LogP contribution is 2.10. The van der Waals surface area contributed by atoms with Gasteiger partial charge in [0.25, 0.3) is 0 Å². The summed E-state index contributed by atoms with van der Waals surface area (Å²) in [5, 5.41) is 17.3. The quantitative estimate of drug-likeness (QED) is 0.785. The van der Waals surface area contributed by atoms with Crippen molar-refractivity contribution >= 4 is 23.1 Å². The van der Waals surface area contributed by atoms with Gasteiger partial charge in [0.2, 0.25) is 0 Å². The van der Waals surface area contributed by atoms with Crippen LogP contribution in [0, 0.1) is 0 Å². The summed E-state index contributed by atoms with van der Waals surface area (Å²) in [6.07, 6.45) is 2.01. The van der Waals surface area contributed by atoms with Crippen molar-refractivity contribution in [3.8, 4) is 0 Å². The highest BCUT2D eigenvalue weighted by atomic mass is 32.2. The standard InChI is InChI=1S/C10H17NOS2/c1-10(12,8-13-2)7-11-5-9-3-4-14-6-9/h3-4,6,11-12H,5,7-8H2,1-2H3. The van der Waals surface area contributed by atoms with Crippen LogP contribution in [0.15, 0.2) is 16.8 Å². The van der Waals surface area contributed by atoms with Crippen molar-refractivity contribution in [1.29, 1.82) is 0 Å². The molecule has 0 spiro atoms. The van der Waals surface area contributed by atoms with Crippen molar-refractivity contribution in [1.82, 2.24) is 5.32 Å². The maximum atomic E-state index is 9.86. The van der Waals surface area contributed by atoms with Gasteiger partial charge in [-0.05, 0) is 35.6 Å². The molecule has 4 heteroatoms. The van der Waals surface area contributed by atoms with Gasteiger partial charge in [-0.3, -0.25) is 0 Å². The molecule has 1 atom stereocenters. The predicted molar refractivity (Wildman–Crippen MR) is 65.0 cm³/mol. The van der Waals surface area contributed by atoms with E-state index >= 15 is 0 Å². The van der Waals surface area contributed by atoms with Gasteiger partial charge in [-0.2, -0.15) is 23.1 Å². The lowest BCUT2D eigenvalue weighted by atomic mass is 10.1. The van der Waals surface area contributed by atoms with E-state index in [9.17, 15) is 5.11 Å². The molecule has 1 unspecified atom stereocenters. The minimum atomic E-state index is -0.602. The second kappa shape index (κ2) is 5.75. The lowest BCUT2D eigenvalue weighted by Crippen LogP contribution is -2.39. The molecule has 1 heterocycles. The molecule has 0 saturated heterocycles. The average Bonchev–Trinajstić information content (AvgIpc) is 2.56. The largest absolute Gasteiger partial charge is 0.388 e. The van der Waals surface area contributed by atoms with E-state index in [1.807, 2.05) is 13.2 Å². The van der Waals surface area contributed by atoms with Crippen LogP contribution in [-0.4, -0.2) is 29.3 Å². The van der Waals surface area contributed by atoms with Gasteiger partial charge >= 0.3 is 0 Å². The number of hydrogen-bond donors (Lipinski definition) is 2. The van der Waals surface area contributed by atoms with Crippen LogP contribution in [-0.2, 0) is 6.54 Å². The van der Waals surface area contributed by atoms with Crippen molar-refractivity contribution < 1.29 is 5.11 Å². The van der Waals surface area contributed by atoms with Gasteiger partial charge in [-0.25, -0.2) is 0 Å². The van der Waals surface area contributed by atoms with Crippen LogP contribution in [0.1, 0.15) is 12.5 Å². The number of thioether (sulfide) groups is 1. The summed E-state index contributed by atoms with van der Waals surface area (Å²) in [6, 6.07) is 2.10. The fourth-order valence-electron chi connectivity index (χ4n) is 1.23. The summed E-state index contributed by atoms with van der Waals surface area (Å²) in [4.78, 5) is 0. The van der Waals surface area contributed by atoms with Crippen molar-refractivity contribution in [3.63, 3.8) is 0 Å². The summed E-state index contributed by atoms with van der Waals surface area (Å²) in [5.74, 6) is 0.767. The topological polar surface area (TPSA) is 32.3 Å². The zero-order chi connectivity index (χ0) is 10.4. The van der Waals surface area contributed by atoms with Gasteiger partial charge in [0.15, 0.2) is 0 Å². The Morgan fingerprint density at radius 2 is 2.43 bits per heavy atom. The molecule has 1 rings (SSSR count). The van der Waals surface area contributed by atoms with Gasteiger partial charge in [-0.1, -0.05) is 0 Å². The first-order valence-corrected chi connectivity index (χ1v) is 6.91. The molecule has 0 fully saturated rings. The molecule has 14 heavy (non-hydrogen) atoms. The number of rotatable bonds is 6. The maximum absolute atomic E-state index is 9.86. The third kappa shape index (κ3) is 4.46. The van der Waals surface area contributed by atoms with Crippen molar-refractivity contribution in [2.45, 2.75) is 19.1 Å². The van der Waals surface area contributed by atoms with Crippen LogP contribution in [0.4, 0.5) is 0 Å². The SMILES string of the molecule is CSCC(C)(O)CNCc1ccsc1. The molecule has 0 bridgehead atoms. The smallest absolute Gasteiger partial charge is 0.0833 e. The fraction of sp³-hybridized carbons (Fsp3) is 0.600.